The first kappa shape index (κ1) is 34.1. The number of benzene rings is 3. The molecule has 250 valence electrons. The molecule has 1 saturated heterocycles. The predicted octanol–water partition coefficient (Wildman–Crippen LogP) is 6.83. The highest BCUT2D eigenvalue weighted by Crippen LogP contribution is 2.41. The van der Waals surface area contributed by atoms with Gasteiger partial charge in [-0.15, -0.1) is 0 Å². The van der Waals surface area contributed by atoms with Crippen LogP contribution in [0.25, 0.3) is 12.2 Å². The molecule has 0 radical (unpaired) electrons. The van der Waals surface area contributed by atoms with E-state index < -0.39 is 62.9 Å². The molecular formula is C31H25ClF6N2O6S. The maximum Gasteiger partial charge on any atom is 0.417 e. The normalized spacial score (nSPS) is 17.3. The van der Waals surface area contributed by atoms with E-state index in [0.717, 1.165) is 40.7 Å². The number of aliphatic carboxylic acids is 1. The van der Waals surface area contributed by atoms with Crippen LogP contribution in [-0.4, -0.2) is 56.0 Å². The summed E-state index contributed by atoms with van der Waals surface area (Å²) in [6.07, 6.45) is -8.22. The third-order valence-electron chi connectivity index (χ3n) is 7.73. The lowest BCUT2D eigenvalue weighted by atomic mass is 9.99. The van der Waals surface area contributed by atoms with Crippen molar-refractivity contribution in [2.75, 3.05) is 23.9 Å². The lowest BCUT2D eigenvalue weighted by Gasteiger charge is -2.38. The van der Waals surface area contributed by atoms with Gasteiger partial charge in [-0.3, -0.25) is 13.9 Å². The summed E-state index contributed by atoms with van der Waals surface area (Å²) in [7, 11) is -4.67. The number of hydrogen-bond acceptors (Lipinski definition) is 5. The minimum atomic E-state index is -4.83. The van der Waals surface area contributed by atoms with Gasteiger partial charge in [0.25, 0.3) is 10.0 Å². The lowest BCUT2D eigenvalue weighted by molar-refractivity contribution is -0.153. The molecule has 0 bridgehead atoms. The van der Waals surface area contributed by atoms with Gasteiger partial charge in [0, 0.05) is 30.1 Å². The van der Waals surface area contributed by atoms with Crippen LogP contribution in [0.15, 0.2) is 65.6 Å². The Kier molecular flexibility index (Phi) is 9.25. The van der Waals surface area contributed by atoms with Crippen LogP contribution in [-0.2, 0) is 32.0 Å². The van der Waals surface area contributed by atoms with Gasteiger partial charge in [-0.05, 0) is 54.4 Å². The van der Waals surface area contributed by atoms with Crippen molar-refractivity contribution in [2.24, 2.45) is 5.92 Å². The second-order valence-electron chi connectivity index (χ2n) is 10.9. The van der Waals surface area contributed by atoms with E-state index in [0.29, 0.717) is 6.07 Å². The Morgan fingerprint density at radius 2 is 1.64 bits per heavy atom. The van der Waals surface area contributed by atoms with Crippen LogP contribution in [0.5, 0.6) is 5.75 Å². The number of ether oxygens (including phenoxy) is 1. The molecular weight excluding hydrogens is 678 g/mol. The molecule has 3 aromatic carbocycles. The van der Waals surface area contributed by atoms with E-state index in [-0.39, 0.29) is 59.4 Å². The zero-order valence-electron chi connectivity index (χ0n) is 24.1. The van der Waals surface area contributed by atoms with Gasteiger partial charge in [0.1, 0.15) is 11.9 Å². The molecule has 2 heterocycles. The maximum absolute atomic E-state index is 13.9. The van der Waals surface area contributed by atoms with Gasteiger partial charge in [0.15, 0.2) is 0 Å². The molecule has 8 nitrogen and oxygen atoms in total. The second kappa shape index (κ2) is 12.8. The van der Waals surface area contributed by atoms with Gasteiger partial charge in [-0.2, -0.15) is 26.3 Å². The van der Waals surface area contributed by atoms with Crippen molar-refractivity contribution in [3.63, 3.8) is 0 Å². The molecule has 3 aromatic rings. The summed E-state index contributed by atoms with van der Waals surface area (Å²) in [5.74, 6) is -2.07. The quantitative estimate of drug-likeness (QED) is 0.204. The monoisotopic (exact) mass is 702 g/mol. The Labute approximate surface area is 269 Å². The summed E-state index contributed by atoms with van der Waals surface area (Å²) in [5.41, 5.74) is -2.38. The number of amides is 1. The van der Waals surface area contributed by atoms with Gasteiger partial charge in [-0.25, -0.2) is 8.42 Å². The topological polar surface area (TPSA) is 104 Å². The maximum atomic E-state index is 13.9. The fraction of sp³-hybridized carbons (Fsp3) is 0.290. The number of carbonyl (C=O) groups excluding carboxylic acids is 1. The summed E-state index contributed by atoms with van der Waals surface area (Å²) in [5, 5.41) is 8.87. The molecule has 47 heavy (non-hydrogen) atoms. The van der Waals surface area contributed by atoms with Crippen LogP contribution in [0.3, 0.4) is 0 Å². The van der Waals surface area contributed by atoms with Crippen LogP contribution in [0.4, 0.5) is 32.0 Å². The number of halogens is 7. The number of nitrogens with zero attached hydrogens (tertiary/aromatic N) is 2. The number of carbonyl (C=O) groups is 2. The molecule has 0 saturated carbocycles. The number of sulfonamides is 1. The third kappa shape index (κ3) is 7.35. The van der Waals surface area contributed by atoms with Crippen LogP contribution in [0.2, 0.25) is 5.02 Å². The average Bonchev–Trinajstić information content (AvgIpc) is 2.97. The fourth-order valence-electron chi connectivity index (χ4n) is 5.18. The highest BCUT2D eigenvalue weighted by atomic mass is 35.5. The number of likely N-dealkylation sites (tertiary alicyclic amines) is 1. The van der Waals surface area contributed by atoms with Crippen molar-refractivity contribution in [3.8, 4) is 5.75 Å². The summed E-state index contributed by atoms with van der Waals surface area (Å²) in [6.45, 7) is -0.340. The van der Waals surface area contributed by atoms with Gasteiger partial charge in [0.05, 0.1) is 34.2 Å². The number of carboxylic acids is 1. The van der Waals surface area contributed by atoms with E-state index >= 15 is 0 Å². The van der Waals surface area contributed by atoms with Crippen LogP contribution < -0.4 is 9.04 Å². The fourth-order valence-corrected chi connectivity index (χ4v) is 6.97. The standard InChI is InChI=1S/C31H25ClF6N2O6S/c32-25-6-2-5-24(31(36,37)38)23(25)10-7-18-8-11-27-26(13-18)40(47(44,45)22-4-1-3-20(14-22)30(33,34)35)17-21(46-27)9-12-28(41)39-15-19(16-39)29(42)43/h1-8,10-11,13-14,19,21H,9,12,15-17H2,(H,42,43)/b10-7+/t21-/m0/s1. The molecule has 16 heteroatoms. The summed E-state index contributed by atoms with van der Waals surface area (Å²) < 4.78 is 116. The Morgan fingerprint density at radius 1 is 0.936 bits per heavy atom. The number of anilines is 1. The highest BCUT2D eigenvalue weighted by molar-refractivity contribution is 7.92. The van der Waals surface area contributed by atoms with E-state index in [2.05, 4.69) is 0 Å². The van der Waals surface area contributed by atoms with Crippen molar-refractivity contribution in [1.29, 1.82) is 0 Å². The molecule has 2 aliphatic heterocycles. The molecule has 0 aromatic heterocycles. The van der Waals surface area contributed by atoms with Crippen LogP contribution in [0.1, 0.15) is 35.1 Å². The average molecular weight is 703 g/mol. The number of fused-ring (bicyclic) bond motifs is 1. The van der Waals surface area contributed by atoms with Gasteiger partial charge < -0.3 is 14.7 Å². The van der Waals surface area contributed by atoms with Gasteiger partial charge >= 0.3 is 18.3 Å². The number of alkyl halides is 6. The molecule has 0 aliphatic carbocycles. The molecule has 1 N–H and O–H groups in total. The Hall–Kier alpha value is -4.24. The minimum absolute atomic E-state index is 0.00446. The van der Waals surface area contributed by atoms with Crippen LogP contribution in [0, 0.1) is 5.92 Å². The van der Waals surface area contributed by atoms with E-state index in [1.165, 1.54) is 35.2 Å². The van der Waals surface area contributed by atoms with Gasteiger partial charge in [0.2, 0.25) is 5.91 Å². The summed E-state index contributed by atoms with van der Waals surface area (Å²) in [6, 6.07) is 10.5. The van der Waals surface area contributed by atoms with E-state index in [9.17, 15) is 44.3 Å². The zero-order chi connectivity index (χ0) is 34.3. The first-order chi connectivity index (χ1) is 21.9. The van der Waals surface area contributed by atoms with Crippen LogP contribution >= 0.6 is 11.6 Å². The second-order valence-corrected chi connectivity index (χ2v) is 13.2. The van der Waals surface area contributed by atoms with Crippen molar-refractivity contribution >= 4 is 51.3 Å². The molecule has 1 amide bonds. The lowest BCUT2D eigenvalue weighted by Crippen LogP contribution is -2.53. The smallest absolute Gasteiger partial charge is 0.417 e. The first-order valence-corrected chi connectivity index (χ1v) is 15.8. The molecule has 0 spiro atoms. The van der Waals surface area contributed by atoms with Crippen molar-refractivity contribution < 1.29 is 54.2 Å². The van der Waals surface area contributed by atoms with E-state index in [4.69, 9.17) is 21.4 Å². The first-order valence-electron chi connectivity index (χ1n) is 14.0. The Morgan fingerprint density at radius 3 is 2.30 bits per heavy atom. The predicted molar refractivity (Wildman–Crippen MR) is 159 cm³/mol. The van der Waals surface area contributed by atoms with Crippen molar-refractivity contribution in [1.82, 2.24) is 4.90 Å². The third-order valence-corrected chi connectivity index (χ3v) is 9.83. The minimum Gasteiger partial charge on any atom is -0.486 e. The SMILES string of the molecule is O=C(O)C1CN(C(=O)CC[C@H]2CN(S(=O)(=O)c3cccc(C(F)(F)F)c3)c3cc(/C=C/c4c(Cl)cccc4C(F)(F)F)ccc3O2)C1. The molecule has 2 aliphatic rings. The summed E-state index contributed by atoms with van der Waals surface area (Å²) in [4.78, 5) is 24.3. The molecule has 1 fully saturated rings. The van der Waals surface area contributed by atoms with Crippen molar-refractivity contribution in [2.45, 2.75) is 36.2 Å². The Balaban J connectivity index is 1.47. The largest absolute Gasteiger partial charge is 0.486 e. The molecule has 0 unspecified atom stereocenters. The Bertz CT molecular complexity index is 1840. The highest BCUT2D eigenvalue weighted by Gasteiger charge is 2.39. The van der Waals surface area contributed by atoms with Crippen molar-refractivity contribution in [3.05, 3.63) is 87.9 Å². The number of rotatable bonds is 8. The molecule has 1 atom stereocenters. The van der Waals surface area contributed by atoms with E-state index in [1.54, 1.807) is 0 Å². The number of hydrogen-bond donors (Lipinski definition) is 1. The molecule has 5 rings (SSSR count). The van der Waals surface area contributed by atoms with E-state index in [1.807, 2.05) is 0 Å². The number of carboxylic acid groups (broad SMARTS) is 1. The van der Waals surface area contributed by atoms with Gasteiger partial charge in [-0.1, -0.05) is 42.0 Å². The summed E-state index contributed by atoms with van der Waals surface area (Å²) >= 11 is 6.04. The zero-order valence-corrected chi connectivity index (χ0v) is 25.6.